The van der Waals surface area contributed by atoms with E-state index in [1.807, 2.05) is 24.5 Å². The summed E-state index contributed by atoms with van der Waals surface area (Å²) in [5, 5.41) is 0. The Morgan fingerprint density at radius 1 is 0.861 bits per heavy atom. The Balaban J connectivity index is 1.61. The van der Waals surface area contributed by atoms with Crippen molar-refractivity contribution in [2.24, 2.45) is 0 Å². The highest BCUT2D eigenvalue weighted by molar-refractivity contribution is 5.92. The number of aromatic nitrogens is 2. The average Bonchev–Trinajstić information content (AvgIpc) is 2.91. The molecule has 0 N–H and O–H groups in total. The summed E-state index contributed by atoms with van der Waals surface area (Å²) in [5.74, 6) is 0.135. The Kier molecular flexibility index (Phi) is 10.6. The first-order valence-corrected chi connectivity index (χ1v) is 12.5. The van der Waals surface area contributed by atoms with Gasteiger partial charge in [-0.2, -0.15) is 0 Å². The van der Waals surface area contributed by atoms with Gasteiger partial charge in [0, 0.05) is 19.5 Å². The van der Waals surface area contributed by atoms with E-state index in [-0.39, 0.29) is 0 Å². The number of hydrogen-bond donors (Lipinski definition) is 0. The van der Waals surface area contributed by atoms with E-state index in [0.717, 1.165) is 18.4 Å². The highest BCUT2D eigenvalue weighted by Gasteiger charge is 2.17. The summed E-state index contributed by atoms with van der Waals surface area (Å²) in [4.78, 5) is 33.6. The van der Waals surface area contributed by atoms with Crippen LogP contribution in [0.5, 0.6) is 11.5 Å². The summed E-state index contributed by atoms with van der Waals surface area (Å²) in [6, 6.07) is 13.3. The molecule has 0 saturated heterocycles. The lowest BCUT2D eigenvalue weighted by atomic mass is 10.1. The molecule has 3 aromatic rings. The molecule has 0 fully saturated rings. The van der Waals surface area contributed by atoms with E-state index in [9.17, 15) is 9.59 Å². The Morgan fingerprint density at radius 2 is 1.53 bits per heavy atom. The summed E-state index contributed by atoms with van der Waals surface area (Å²) in [5.41, 5.74) is 2.06. The number of carbonyl (C=O) groups is 2. The van der Waals surface area contributed by atoms with Crippen LogP contribution in [0.2, 0.25) is 0 Å². The minimum absolute atomic E-state index is 0.315. The molecule has 0 unspecified atom stereocenters. The van der Waals surface area contributed by atoms with Crippen LogP contribution < -0.4 is 9.47 Å². The quantitative estimate of drug-likeness (QED) is 0.160. The van der Waals surface area contributed by atoms with Gasteiger partial charge in [-0.25, -0.2) is 19.6 Å². The van der Waals surface area contributed by atoms with Gasteiger partial charge in [0.1, 0.15) is 11.5 Å². The van der Waals surface area contributed by atoms with Gasteiger partial charge >= 0.3 is 11.9 Å². The number of aryl methyl sites for hydroxylation is 1. The lowest BCUT2D eigenvalue weighted by Gasteiger charge is -2.11. The zero-order valence-electron chi connectivity index (χ0n) is 21.2. The van der Waals surface area contributed by atoms with Crippen molar-refractivity contribution in [3.63, 3.8) is 0 Å². The van der Waals surface area contributed by atoms with Crippen LogP contribution in [0.15, 0.2) is 60.9 Å². The van der Waals surface area contributed by atoms with Crippen molar-refractivity contribution < 1.29 is 23.8 Å². The highest BCUT2D eigenvalue weighted by atomic mass is 16.6. The summed E-state index contributed by atoms with van der Waals surface area (Å²) < 4.78 is 15.8. The van der Waals surface area contributed by atoms with E-state index in [4.69, 9.17) is 14.2 Å². The Bertz CT molecular complexity index is 1110. The fourth-order valence-corrected chi connectivity index (χ4v) is 3.59. The van der Waals surface area contributed by atoms with Crippen molar-refractivity contribution in [3.8, 4) is 22.9 Å². The molecule has 0 spiro atoms. The summed E-state index contributed by atoms with van der Waals surface area (Å²) >= 11 is 0. The van der Waals surface area contributed by atoms with E-state index >= 15 is 0 Å². The number of unbranched alkanes of at least 4 members (excludes halogenated alkanes) is 5. The number of benzene rings is 2. The molecule has 7 heteroatoms. The molecule has 1 heterocycles. The van der Waals surface area contributed by atoms with Crippen molar-refractivity contribution in [3.05, 3.63) is 72.1 Å². The topological polar surface area (TPSA) is 87.6 Å². The minimum atomic E-state index is -0.682. The number of esters is 2. The van der Waals surface area contributed by atoms with E-state index in [1.165, 1.54) is 51.3 Å². The number of ether oxygens (including phenoxy) is 3. The Morgan fingerprint density at radius 3 is 2.22 bits per heavy atom. The van der Waals surface area contributed by atoms with Crippen LogP contribution >= 0.6 is 0 Å². The Hall–Kier alpha value is -3.58. The molecule has 2 aromatic carbocycles. The molecule has 1 aromatic heterocycles. The third-order valence-corrected chi connectivity index (χ3v) is 5.85. The van der Waals surface area contributed by atoms with Gasteiger partial charge in [-0.3, -0.25) is 0 Å². The van der Waals surface area contributed by atoms with E-state index in [2.05, 4.69) is 16.9 Å². The molecule has 190 valence electrons. The molecule has 7 nitrogen and oxygen atoms in total. The number of methoxy groups -OCH3 is 1. The molecule has 1 atom stereocenters. The fraction of sp³-hybridized carbons (Fsp3) is 0.379. The lowest BCUT2D eigenvalue weighted by molar-refractivity contribution is -0.144. The number of nitrogens with zero attached hydrogens (tertiary/aromatic N) is 2. The summed E-state index contributed by atoms with van der Waals surface area (Å²) in [7, 11) is 1.43. The van der Waals surface area contributed by atoms with Gasteiger partial charge in [-0.1, -0.05) is 51.2 Å². The highest BCUT2D eigenvalue weighted by Crippen LogP contribution is 2.28. The van der Waals surface area contributed by atoms with Crippen molar-refractivity contribution in [1.29, 1.82) is 0 Å². The number of hydrogen-bond acceptors (Lipinski definition) is 7. The maximum absolute atomic E-state index is 12.8. The zero-order valence-corrected chi connectivity index (χ0v) is 21.2. The van der Waals surface area contributed by atoms with Gasteiger partial charge < -0.3 is 14.2 Å². The van der Waals surface area contributed by atoms with Gasteiger partial charge in [0.2, 0.25) is 0 Å². The van der Waals surface area contributed by atoms with Gasteiger partial charge in [-0.05, 0) is 61.7 Å². The molecule has 0 aliphatic heterocycles. The van der Waals surface area contributed by atoms with Crippen LogP contribution in [0.1, 0.15) is 68.3 Å². The smallest absolute Gasteiger partial charge is 0.343 e. The zero-order chi connectivity index (χ0) is 25.8. The number of para-hydroxylation sites is 1. The molecular formula is C29H34N2O5. The van der Waals surface area contributed by atoms with Crippen molar-refractivity contribution >= 4 is 11.9 Å². The number of rotatable bonds is 13. The molecule has 0 aliphatic carbocycles. The molecule has 0 saturated carbocycles. The predicted molar refractivity (Wildman–Crippen MR) is 138 cm³/mol. The van der Waals surface area contributed by atoms with Crippen LogP contribution in [0.25, 0.3) is 11.4 Å². The molecule has 3 rings (SSSR count). The van der Waals surface area contributed by atoms with Gasteiger partial charge in [0.05, 0.1) is 11.1 Å². The molecule has 0 amide bonds. The lowest BCUT2D eigenvalue weighted by Crippen LogP contribution is -2.24. The number of carbonyl (C=O) groups excluding carboxylic acids is 2. The second-order valence-corrected chi connectivity index (χ2v) is 8.64. The minimum Gasteiger partial charge on any atom is -0.425 e. The van der Waals surface area contributed by atoms with Crippen molar-refractivity contribution in [2.45, 2.75) is 64.9 Å². The SMILES string of the molecule is CCCCCCCCc1cnc(-c2ccccc2OC(=O)c2ccc(OC(=O)[C@H](C)OC)cc2)nc1. The largest absolute Gasteiger partial charge is 0.425 e. The standard InChI is InChI=1S/C29H34N2O5/c1-4-5-6-7-8-9-12-22-19-30-27(31-20-22)25-13-10-11-14-26(25)36-29(33)23-15-17-24(18-16-23)35-28(32)21(2)34-3/h10-11,13-21H,4-9,12H2,1-3H3/t21-/m0/s1. The van der Waals surface area contributed by atoms with Crippen molar-refractivity contribution in [1.82, 2.24) is 9.97 Å². The van der Waals surface area contributed by atoms with Crippen LogP contribution in [0, 0.1) is 0 Å². The van der Waals surface area contributed by atoms with Gasteiger partial charge in [0.15, 0.2) is 11.9 Å². The Labute approximate surface area is 212 Å². The van der Waals surface area contributed by atoms with E-state index in [0.29, 0.717) is 28.5 Å². The van der Waals surface area contributed by atoms with Crippen molar-refractivity contribution in [2.75, 3.05) is 7.11 Å². The first-order chi connectivity index (χ1) is 17.5. The van der Waals surface area contributed by atoms with E-state index < -0.39 is 18.0 Å². The third-order valence-electron chi connectivity index (χ3n) is 5.85. The average molecular weight is 491 g/mol. The van der Waals surface area contributed by atoms with Crippen LogP contribution in [0.3, 0.4) is 0 Å². The molecule has 0 radical (unpaired) electrons. The predicted octanol–water partition coefficient (Wildman–Crippen LogP) is 6.21. The second-order valence-electron chi connectivity index (χ2n) is 8.64. The molecular weight excluding hydrogens is 456 g/mol. The van der Waals surface area contributed by atoms with E-state index in [1.54, 1.807) is 31.2 Å². The molecule has 0 aliphatic rings. The van der Waals surface area contributed by atoms with Gasteiger partial charge in [0.25, 0.3) is 0 Å². The maximum atomic E-state index is 12.8. The van der Waals surface area contributed by atoms with Crippen LogP contribution in [0.4, 0.5) is 0 Å². The monoisotopic (exact) mass is 490 g/mol. The van der Waals surface area contributed by atoms with Crippen LogP contribution in [-0.4, -0.2) is 35.1 Å². The second kappa shape index (κ2) is 14.1. The third kappa shape index (κ3) is 7.99. The first kappa shape index (κ1) is 27.0. The molecule has 36 heavy (non-hydrogen) atoms. The normalized spacial score (nSPS) is 11.6. The maximum Gasteiger partial charge on any atom is 0.343 e. The first-order valence-electron chi connectivity index (χ1n) is 12.5. The summed E-state index contributed by atoms with van der Waals surface area (Å²) in [6.07, 6.45) is 11.4. The fourth-order valence-electron chi connectivity index (χ4n) is 3.59. The van der Waals surface area contributed by atoms with Gasteiger partial charge in [-0.15, -0.1) is 0 Å². The van der Waals surface area contributed by atoms with Crippen LogP contribution in [-0.2, 0) is 16.0 Å². The molecule has 0 bridgehead atoms. The summed E-state index contributed by atoms with van der Waals surface area (Å²) in [6.45, 7) is 3.82.